The highest BCUT2D eigenvalue weighted by Crippen LogP contribution is 2.31. The molecule has 1 saturated carbocycles. The van der Waals surface area contributed by atoms with E-state index in [1.165, 1.54) is 6.07 Å². The van der Waals surface area contributed by atoms with Crippen molar-refractivity contribution >= 4 is 11.4 Å². The molecule has 0 spiro atoms. The first-order chi connectivity index (χ1) is 8.50. The lowest BCUT2D eigenvalue weighted by atomic mass is 9.91. The number of rotatable bonds is 2. The number of benzene rings is 1. The molecule has 3 nitrogen and oxygen atoms in total. The standard InChI is InChI=1S/C14H21FN2O/c1-9-7-13(11(16)8-10(9)15)17(2)12-5-3-4-6-14(12)18/h7-8,12,14,18H,3-6,16H2,1-2H3. The third-order valence-electron chi connectivity index (χ3n) is 3.88. The van der Waals surface area contributed by atoms with Crippen LogP contribution < -0.4 is 10.6 Å². The molecule has 0 saturated heterocycles. The number of aliphatic hydroxyl groups excluding tert-OH is 1. The van der Waals surface area contributed by atoms with Crippen LogP contribution in [-0.4, -0.2) is 24.3 Å². The van der Waals surface area contributed by atoms with Gasteiger partial charge in [-0.15, -0.1) is 0 Å². The molecule has 0 bridgehead atoms. The highest BCUT2D eigenvalue weighted by atomic mass is 19.1. The summed E-state index contributed by atoms with van der Waals surface area (Å²) in [5.74, 6) is -0.283. The predicted octanol–water partition coefficient (Wildman–Crippen LogP) is 2.46. The Morgan fingerprint density at radius 2 is 2.00 bits per heavy atom. The fourth-order valence-electron chi connectivity index (χ4n) is 2.71. The fraction of sp³-hybridized carbons (Fsp3) is 0.571. The number of hydrogen-bond donors (Lipinski definition) is 2. The Bertz CT molecular complexity index is 436. The molecule has 2 unspecified atom stereocenters. The average Bonchev–Trinajstić information content (AvgIpc) is 2.33. The van der Waals surface area contributed by atoms with E-state index in [2.05, 4.69) is 0 Å². The number of anilines is 2. The van der Waals surface area contributed by atoms with E-state index in [0.29, 0.717) is 11.3 Å². The molecule has 1 aliphatic carbocycles. The minimum atomic E-state index is -0.325. The molecule has 1 fully saturated rings. The fourth-order valence-corrected chi connectivity index (χ4v) is 2.71. The first-order valence-electron chi connectivity index (χ1n) is 6.47. The maximum atomic E-state index is 13.4. The summed E-state index contributed by atoms with van der Waals surface area (Å²) < 4.78 is 13.4. The molecule has 1 aliphatic rings. The van der Waals surface area contributed by atoms with Gasteiger partial charge in [0, 0.05) is 7.05 Å². The second kappa shape index (κ2) is 5.14. The van der Waals surface area contributed by atoms with Gasteiger partial charge in [-0.05, 0) is 37.5 Å². The minimum absolute atomic E-state index is 0.0749. The van der Waals surface area contributed by atoms with Crippen LogP contribution in [0.15, 0.2) is 12.1 Å². The maximum absolute atomic E-state index is 13.4. The van der Waals surface area contributed by atoms with Gasteiger partial charge in [0.15, 0.2) is 0 Å². The van der Waals surface area contributed by atoms with Crippen molar-refractivity contribution in [3.63, 3.8) is 0 Å². The Kier molecular flexibility index (Phi) is 3.76. The maximum Gasteiger partial charge on any atom is 0.128 e. The number of hydrogen-bond acceptors (Lipinski definition) is 3. The molecule has 100 valence electrons. The number of aliphatic hydroxyl groups is 1. The topological polar surface area (TPSA) is 49.5 Å². The van der Waals surface area contributed by atoms with Crippen molar-refractivity contribution < 1.29 is 9.50 Å². The third-order valence-corrected chi connectivity index (χ3v) is 3.88. The van der Waals surface area contributed by atoms with Gasteiger partial charge in [-0.1, -0.05) is 12.8 Å². The smallest absolute Gasteiger partial charge is 0.128 e. The zero-order valence-electron chi connectivity index (χ0n) is 11.0. The molecular weight excluding hydrogens is 231 g/mol. The van der Waals surface area contributed by atoms with Crippen molar-refractivity contribution in [3.05, 3.63) is 23.5 Å². The van der Waals surface area contributed by atoms with Gasteiger partial charge < -0.3 is 15.7 Å². The molecule has 0 aliphatic heterocycles. The SMILES string of the molecule is Cc1cc(N(C)C2CCCCC2O)c(N)cc1F. The number of nitrogens with two attached hydrogens (primary N) is 1. The van der Waals surface area contributed by atoms with Crippen LogP contribution in [-0.2, 0) is 0 Å². The lowest BCUT2D eigenvalue weighted by Gasteiger charge is -2.37. The van der Waals surface area contributed by atoms with Crippen molar-refractivity contribution in [2.75, 3.05) is 17.7 Å². The summed E-state index contributed by atoms with van der Waals surface area (Å²) in [4.78, 5) is 1.99. The van der Waals surface area contributed by atoms with Gasteiger partial charge in [0.1, 0.15) is 5.82 Å². The van der Waals surface area contributed by atoms with Gasteiger partial charge >= 0.3 is 0 Å². The van der Waals surface area contributed by atoms with Crippen molar-refractivity contribution in [2.24, 2.45) is 0 Å². The Morgan fingerprint density at radius 1 is 1.33 bits per heavy atom. The Hall–Kier alpha value is -1.29. The molecule has 0 radical (unpaired) electrons. The quantitative estimate of drug-likeness (QED) is 0.795. The van der Waals surface area contributed by atoms with Crippen LogP contribution in [0.3, 0.4) is 0 Å². The van der Waals surface area contributed by atoms with E-state index >= 15 is 0 Å². The van der Waals surface area contributed by atoms with E-state index in [4.69, 9.17) is 5.73 Å². The van der Waals surface area contributed by atoms with E-state index < -0.39 is 0 Å². The molecule has 4 heteroatoms. The lowest BCUT2D eigenvalue weighted by Crippen LogP contribution is -2.43. The normalized spacial score (nSPS) is 24.0. The van der Waals surface area contributed by atoms with Crippen LogP contribution in [0.1, 0.15) is 31.2 Å². The number of nitrogen functional groups attached to an aromatic ring is 1. The first kappa shape index (κ1) is 13.1. The van der Waals surface area contributed by atoms with Crippen molar-refractivity contribution in [2.45, 2.75) is 44.8 Å². The average molecular weight is 252 g/mol. The Labute approximate surface area is 107 Å². The Morgan fingerprint density at radius 3 is 2.67 bits per heavy atom. The number of likely N-dealkylation sites (N-methyl/N-ethyl adjacent to an activating group) is 1. The number of nitrogens with zero attached hydrogens (tertiary/aromatic N) is 1. The summed E-state index contributed by atoms with van der Waals surface area (Å²) >= 11 is 0. The third kappa shape index (κ3) is 2.43. The van der Waals surface area contributed by atoms with Crippen LogP contribution in [0.2, 0.25) is 0 Å². The summed E-state index contributed by atoms with van der Waals surface area (Å²) in [6, 6.07) is 3.19. The lowest BCUT2D eigenvalue weighted by molar-refractivity contribution is 0.106. The molecule has 2 rings (SSSR count). The number of halogens is 1. The molecular formula is C14H21FN2O. The van der Waals surface area contributed by atoms with Gasteiger partial charge in [0.2, 0.25) is 0 Å². The van der Waals surface area contributed by atoms with Crippen molar-refractivity contribution in [1.82, 2.24) is 0 Å². The van der Waals surface area contributed by atoms with Crippen molar-refractivity contribution in [1.29, 1.82) is 0 Å². The molecule has 0 amide bonds. The molecule has 0 aromatic heterocycles. The molecule has 1 aromatic carbocycles. The highest BCUT2D eigenvalue weighted by molar-refractivity contribution is 5.69. The highest BCUT2D eigenvalue weighted by Gasteiger charge is 2.27. The van der Waals surface area contributed by atoms with E-state index in [1.807, 2.05) is 11.9 Å². The molecule has 18 heavy (non-hydrogen) atoms. The van der Waals surface area contributed by atoms with Crippen LogP contribution >= 0.6 is 0 Å². The van der Waals surface area contributed by atoms with E-state index in [9.17, 15) is 9.50 Å². The Balaban J connectivity index is 2.27. The zero-order valence-corrected chi connectivity index (χ0v) is 11.0. The number of aryl methyl sites for hydroxylation is 1. The summed E-state index contributed by atoms with van der Waals surface area (Å²) in [6.07, 6.45) is 3.64. The summed E-state index contributed by atoms with van der Waals surface area (Å²) in [7, 11) is 1.92. The molecule has 1 aromatic rings. The van der Waals surface area contributed by atoms with Gasteiger partial charge in [0.25, 0.3) is 0 Å². The summed E-state index contributed by atoms with van der Waals surface area (Å²) in [6.45, 7) is 1.73. The van der Waals surface area contributed by atoms with Gasteiger partial charge in [0.05, 0.1) is 23.5 Å². The van der Waals surface area contributed by atoms with E-state index in [0.717, 1.165) is 31.4 Å². The first-order valence-corrected chi connectivity index (χ1v) is 6.47. The second-order valence-electron chi connectivity index (χ2n) is 5.19. The van der Waals surface area contributed by atoms with Gasteiger partial charge in [-0.2, -0.15) is 0 Å². The monoisotopic (exact) mass is 252 g/mol. The molecule has 2 atom stereocenters. The van der Waals surface area contributed by atoms with Gasteiger partial charge in [-0.3, -0.25) is 0 Å². The van der Waals surface area contributed by atoms with Crippen LogP contribution in [0.25, 0.3) is 0 Å². The second-order valence-corrected chi connectivity index (χ2v) is 5.19. The minimum Gasteiger partial charge on any atom is -0.397 e. The molecule has 3 N–H and O–H groups in total. The van der Waals surface area contributed by atoms with Crippen LogP contribution in [0.4, 0.5) is 15.8 Å². The van der Waals surface area contributed by atoms with E-state index in [-0.39, 0.29) is 18.0 Å². The zero-order chi connectivity index (χ0) is 13.3. The predicted molar refractivity (Wildman–Crippen MR) is 72.2 cm³/mol. The molecule has 0 heterocycles. The summed E-state index contributed by atoms with van der Waals surface area (Å²) in [5, 5.41) is 10.1. The van der Waals surface area contributed by atoms with E-state index in [1.54, 1.807) is 13.0 Å². The van der Waals surface area contributed by atoms with Crippen LogP contribution in [0, 0.1) is 12.7 Å². The summed E-state index contributed by atoms with van der Waals surface area (Å²) in [5.41, 5.74) is 7.69. The van der Waals surface area contributed by atoms with Gasteiger partial charge in [-0.25, -0.2) is 4.39 Å². The largest absolute Gasteiger partial charge is 0.397 e. The van der Waals surface area contributed by atoms with Crippen LogP contribution in [0.5, 0.6) is 0 Å². The van der Waals surface area contributed by atoms with Crippen molar-refractivity contribution in [3.8, 4) is 0 Å².